The lowest BCUT2D eigenvalue weighted by atomic mass is 9.88. The molecule has 4 atom stereocenters. The smallest absolute Gasteiger partial charge is 0.273 e. The quantitative estimate of drug-likeness (QED) is 0.712. The van der Waals surface area contributed by atoms with Gasteiger partial charge in [-0.05, 0) is 25.2 Å². The van der Waals surface area contributed by atoms with E-state index in [9.17, 15) is 22.8 Å². The van der Waals surface area contributed by atoms with Crippen molar-refractivity contribution in [2.24, 2.45) is 11.8 Å². The number of hydrogen-bond acceptors (Lipinski definition) is 5. The standard InChI is InChI=1S/C24H29F3N4O3/c1-13-5-4-6-20(13)31-8-7-18(15(12-31)24(33)30(2)3)28-23(32)19-11-21(34-29-19)22-16(26)9-14(25)10-17(22)27/h9-11,13,15,18,20H,4-8,12H2,1-3H3,(H,28,32)/t13-,15+,18+,20+/m0/s1. The normalized spacial score (nSPS) is 25.4. The van der Waals surface area contributed by atoms with E-state index in [1.807, 2.05) is 0 Å². The molecule has 1 saturated carbocycles. The molecule has 4 rings (SSSR count). The topological polar surface area (TPSA) is 78.7 Å². The van der Waals surface area contributed by atoms with E-state index in [2.05, 4.69) is 22.3 Å². The van der Waals surface area contributed by atoms with E-state index in [1.54, 1.807) is 14.1 Å². The Morgan fingerprint density at radius 3 is 2.44 bits per heavy atom. The third kappa shape index (κ3) is 4.82. The van der Waals surface area contributed by atoms with E-state index in [0.29, 0.717) is 37.1 Å². The van der Waals surface area contributed by atoms with Crippen LogP contribution in [0.1, 0.15) is 43.1 Å². The summed E-state index contributed by atoms with van der Waals surface area (Å²) < 4.78 is 46.3. The Hall–Kier alpha value is -2.88. The highest BCUT2D eigenvalue weighted by Gasteiger charge is 2.40. The molecular formula is C24H29F3N4O3. The molecule has 1 aliphatic carbocycles. The fraction of sp³-hybridized carbons (Fsp3) is 0.542. The first kappa shape index (κ1) is 24.3. The number of hydrogen-bond donors (Lipinski definition) is 1. The molecule has 1 aromatic carbocycles. The molecule has 2 amide bonds. The van der Waals surface area contributed by atoms with Crippen LogP contribution < -0.4 is 5.32 Å². The number of halogens is 3. The van der Waals surface area contributed by atoms with Gasteiger partial charge in [-0.25, -0.2) is 13.2 Å². The van der Waals surface area contributed by atoms with Gasteiger partial charge in [0.15, 0.2) is 11.5 Å². The zero-order chi connectivity index (χ0) is 24.6. The second-order valence-corrected chi connectivity index (χ2v) is 9.50. The first-order chi connectivity index (χ1) is 16.2. The SMILES string of the molecule is C[C@H]1CCC[C@H]1N1CC[C@@H](NC(=O)c2cc(-c3c(F)cc(F)cc3F)on2)[C@H](C(=O)N(C)C)C1. The van der Waals surface area contributed by atoms with E-state index in [-0.39, 0.29) is 17.4 Å². The van der Waals surface area contributed by atoms with Crippen LogP contribution in [0.15, 0.2) is 22.7 Å². The molecule has 2 aliphatic rings. The van der Waals surface area contributed by atoms with E-state index in [0.717, 1.165) is 19.0 Å². The molecule has 34 heavy (non-hydrogen) atoms. The lowest BCUT2D eigenvalue weighted by Gasteiger charge is -2.42. The Bertz CT molecular complexity index is 1050. The largest absolute Gasteiger partial charge is 0.355 e. The van der Waals surface area contributed by atoms with E-state index in [1.165, 1.54) is 17.7 Å². The monoisotopic (exact) mass is 478 g/mol. The molecule has 0 bridgehead atoms. The van der Waals surface area contributed by atoms with E-state index in [4.69, 9.17) is 4.52 Å². The minimum Gasteiger partial charge on any atom is -0.355 e. The summed E-state index contributed by atoms with van der Waals surface area (Å²) in [5.41, 5.74) is -0.784. The van der Waals surface area contributed by atoms with Gasteiger partial charge in [-0.15, -0.1) is 0 Å². The number of aromatic nitrogens is 1. The number of likely N-dealkylation sites (tertiary alicyclic amines) is 1. The van der Waals surface area contributed by atoms with Crippen LogP contribution in [0, 0.1) is 29.3 Å². The summed E-state index contributed by atoms with van der Waals surface area (Å²) in [6, 6.07) is 2.17. The summed E-state index contributed by atoms with van der Waals surface area (Å²) in [6.07, 6.45) is 4.06. The van der Waals surface area contributed by atoms with Gasteiger partial charge in [-0.3, -0.25) is 14.5 Å². The van der Waals surface area contributed by atoms with Gasteiger partial charge >= 0.3 is 0 Å². The van der Waals surface area contributed by atoms with Gasteiger partial charge < -0.3 is 14.7 Å². The molecule has 1 N–H and O–H groups in total. The van der Waals surface area contributed by atoms with Gasteiger partial charge in [-0.2, -0.15) is 0 Å². The second-order valence-electron chi connectivity index (χ2n) is 9.50. The molecule has 0 radical (unpaired) electrons. The summed E-state index contributed by atoms with van der Waals surface area (Å²) in [7, 11) is 3.38. The number of amides is 2. The summed E-state index contributed by atoms with van der Waals surface area (Å²) in [4.78, 5) is 29.7. The van der Waals surface area contributed by atoms with Crippen molar-refractivity contribution in [2.75, 3.05) is 27.2 Å². The fourth-order valence-electron chi connectivity index (χ4n) is 5.22. The minimum atomic E-state index is -1.16. The molecule has 2 fully saturated rings. The average molecular weight is 479 g/mol. The Labute approximate surface area is 196 Å². The third-order valence-electron chi connectivity index (χ3n) is 7.00. The van der Waals surface area contributed by atoms with Gasteiger partial charge in [0, 0.05) is 57.5 Å². The van der Waals surface area contributed by atoms with E-state index < -0.39 is 40.9 Å². The van der Waals surface area contributed by atoms with Crippen LogP contribution >= 0.6 is 0 Å². The molecule has 1 aliphatic heterocycles. The van der Waals surface area contributed by atoms with Crippen LogP contribution in [-0.4, -0.2) is 66.0 Å². The zero-order valence-corrected chi connectivity index (χ0v) is 19.5. The fourth-order valence-corrected chi connectivity index (χ4v) is 5.22. The Kier molecular flexibility index (Phi) is 6.97. The Morgan fingerprint density at radius 1 is 1.12 bits per heavy atom. The maximum Gasteiger partial charge on any atom is 0.273 e. The molecule has 1 aromatic heterocycles. The van der Waals surface area contributed by atoms with Crippen LogP contribution in [0.4, 0.5) is 13.2 Å². The van der Waals surface area contributed by atoms with Crippen LogP contribution in [0.25, 0.3) is 11.3 Å². The zero-order valence-electron chi connectivity index (χ0n) is 19.5. The highest BCUT2D eigenvalue weighted by atomic mass is 19.1. The average Bonchev–Trinajstić information content (AvgIpc) is 3.42. The van der Waals surface area contributed by atoms with Crippen LogP contribution in [-0.2, 0) is 4.79 Å². The van der Waals surface area contributed by atoms with Crippen LogP contribution in [0.3, 0.4) is 0 Å². The molecule has 0 unspecified atom stereocenters. The number of carbonyl (C=O) groups excluding carboxylic acids is 2. The maximum absolute atomic E-state index is 14.1. The summed E-state index contributed by atoms with van der Waals surface area (Å²) in [5, 5.41) is 6.50. The van der Waals surface area contributed by atoms with Gasteiger partial charge in [0.05, 0.1) is 11.5 Å². The predicted molar refractivity (Wildman–Crippen MR) is 118 cm³/mol. The molecule has 2 heterocycles. The number of nitrogens with one attached hydrogen (secondary N) is 1. The molecule has 0 spiro atoms. The number of piperidine rings is 1. The Balaban J connectivity index is 1.50. The molecule has 1 saturated heterocycles. The first-order valence-electron chi connectivity index (χ1n) is 11.5. The number of carbonyl (C=O) groups is 2. The van der Waals surface area contributed by atoms with Crippen molar-refractivity contribution < 1.29 is 27.3 Å². The second kappa shape index (κ2) is 9.77. The minimum absolute atomic E-state index is 0.0723. The van der Waals surface area contributed by atoms with Crippen molar-refractivity contribution in [3.8, 4) is 11.3 Å². The lowest BCUT2D eigenvalue weighted by molar-refractivity contribution is -0.136. The predicted octanol–water partition coefficient (Wildman–Crippen LogP) is 3.46. The lowest BCUT2D eigenvalue weighted by Crippen LogP contribution is -2.57. The summed E-state index contributed by atoms with van der Waals surface area (Å²) in [5.74, 6) is -4.26. The number of rotatable bonds is 5. The van der Waals surface area contributed by atoms with Crippen molar-refractivity contribution in [3.63, 3.8) is 0 Å². The van der Waals surface area contributed by atoms with Gasteiger partial charge in [-0.1, -0.05) is 18.5 Å². The van der Waals surface area contributed by atoms with Gasteiger partial charge in [0.25, 0.3) is 5.91 Å². The highest BCUT2D eigenvalue weighted by molar-refractivity contribution is 5.94. The number of benzene rings is 1. The van der Waals surface area contributed by atoms with Crippen LogP contribution in [0.5, 0.6) is 0 Å². The molecular weight excluding hydrogens is 449 g/mol. The van der Waals surface area contributed by atoms with Crippen molar-refractivity contribution in [2.45, 2.75) is 44.7 Å². The van der Waals surface area contributed by atoms with Crippen LogP contribution in [0.2, 0.25) is 0 Å². The Morgan fingerprint density at radius 2 is 1.82 bits per heavy atom. The molecule has 10 heteroatoms. The highest BCUT2D eigenvalue weighted by Crippen LogP contribution is 2.33. The number of nitrogens with zero attached hydrogens (tertiary/aromatic N) is 3. The van der Waals surface area contributed by atoms with Crippen molar-refractivity contribution >= 4 is 11.8 Å². The summed E-state index contributed by atoms with van der Waals surface area (Å²) in [6.45, 7) is 3.55. The van der Waals surface area contributed by atoms with Gasteiger partial charge in [0.1, 0.15) is 17.5 Å². The third-order valence-corrected chi connectivity index (χ3v) is 7.00. The van der Waals surface area contributed by atoms with Gasteiger partial charge in [0.2, 0.25) is 5.91 Å². The van der Waals surface area contributed by atoms with Crippen molar-refractivity contribution in [1.82, 2.24) is 20.3 Å². The maximum atomic E-state index is 14.1. The first-order valence-corrected chi connectivity index (χ1v) is 11.5. The molecule has 184 valence electrons. The molecule has 7 nitrogen and oxygen atoms in total. The molecule has 2 aromatic rings. The van der Waals surface area contributed by atoms with E-state index >= 15 is 0 Å². The van der Waals surface area contributed by atoms with Crippen molar-refractivity contribution in [3.05, 3.63) is 41.3 Å². The summed E-state index contributed by atoms with van der Waals surface area (Å²) >= 11 is 0. The van der Waals surface area contributed by atoms with Crippen molar-refractivity contribution in [1.29, 1.82) is 0 Å².